The Kier molecular flexibility index (Phi) is 13.1. The lowest BCUT2D eigenvalue weighted by Crippen LogP contribution is -2.02. The van der Waals surface area contributed by atoms with E-state index in [1.807, 2.05) is 6.92 Å². The van der Waals surface area contributed by atoms with Gasteiger partial charge in [-0.25, -0.2) is 0 Å². The van der Waals surface area contributed by atoms with Crippen LogP contribution in [0.2, 0.25) is 0 Å². The van der Waals surface area contributed by atoms with E-state index in [-0.39, 0.29) is 6.10 Å². The molecular formula is C18H35NOS. The van der Waals surface area contributed by atoms with Gasteiger partial charge in [0, 0.05) is 11.3 Å². The quantitative estimate of drug-likeness (QED) is 0.623. The highest BCUT2D eigenvalue weighted by atomic mass is 32.1. The number of rotatable bonds is 9. The SMILES string of the molecule is CC(O)Cc1cc(C(C)C)cs1.CCCCCCCCN. The van der Waals surface area contributed by atoms with E-state index in [0.29, 0.717) is 5.92 Å². The van der Waals surface area contributed by atoms with Crippen LogP contribution in [0.4, 0.5) is 0 Å². The number of hydrogen-bond donors (Lipinski definition) is 2. The summed E-state index contributed by atoms with van der Waals surface area (Å²) in [7, 11) is 0. The molecule has 0 aliphatic rings. The van der Waals surface area contributed by atoms with E-state index in [9.17, 15) is 0 Å². The Bertz CT molecular complexity index is 328. The first-order valence-corrected chi connectivity index (χ1v) is 9.34. The molecule has 0 saturated heterocycles. The minimum atomic E-state index is -0.219. The zero-order valence-electron chi connectivity index (χ0n) is 14.4. The number of thiophene rings is 1. The van der Waals surface area contributed by atoms with Crippen LogP contribution in [0, 0.1) is 0 Å². The summed E-state index contributed by atoms with van der Waals surface area (Å²) in [4.78, 5) is 1.29. The molecule has 0 aliphatic carbocycles. The summed E-state index contributed by atoms with van der Waals surface area (Å²) in [6, 6.07) is 2.20. The predicted molar refractivity (Wildman–Crippen MR) is 96.2 cm³/mol. The Labute approximate surface area is 135 Å². The summed E-state index contributed by atoms with van der Waals surface area (Å²) in [6.07, 6.45) is 8.62. The second-order valence-corrected chi connectivity index (χ2v) is 7.11. The molecule has 1 aromatic heterocycles. The van der Waals surface area contributed by atoms with Gasteiger partial charge in [-0.2, -0.15) is 0 Å². The molecule has 124 valence electrons. The zero-order valence-corrected chi connectivity index (χ0v) is 15.2. The lowest BCUT2D eigenvalue weighted by atomic mass is 10.1. The number of nitrogens with two attached hydrogens (primary N) is 1. The van der Waals surface area contributed by atoms with Crippen LogP contribution >= 0.6 is 11.3 Å². The molecule has 1 rings (SSSR count). The Morgan fingerprint density at radius 3 is 2.19 bits per heavy atom. The van der Waals surface area contributed by atoms with Gasteiger partial charge < -0.3 is 10.8 Å². The maximum Gasteiger partial charge on any atom is 0.0560 e. The van der Waals surface area contributed by atoms with Gasteiger partial charge in [-0.15, -0.1) is 11.3 Å². The van der Waals surface area contributed by atoms with Crippen molar-refractivity contribution in [2.45, 2.75) is 84.7 Å². The van der Waals surface area contributed by atoms with Crippen molar-refractivity contribution < 1.29 is 5.11 Å². The van der Waals surface area contributed by atoms with Crippen LogP contribution in [0.5, 0.6) is 0 Å². The van der Waals surface area contributed by atoms with E-state index in [0.717, 1.165) is 13.0 Å². The van der Waals surface area contributed by atoms with Gasteiger partial charge in [0.2, 0.25) is 0 Å². The van der Waals surface area contributed by atoms with Crippen LogP contribution < -0.4 is 5.73 Å². The molecule has 2 nitrogen and oxygen atoms in total. The summed E-state index contributed by atoms with van der Waals surface area (Å²) in [5, 5.41) is 11.3. The maximum absolute atomic E-state index is 9.16. The van der Waals surface area contributed by atoms with Gasteiger partial charge in [-0.1, -0.05) is 52.9 Å². The second kappa shape index (κ2) is 13.3. The molecule has 0 aromatic carbocycles. The van der Waals surface area contributed by atoms with Gasteiger partial charge >= 0.3 is 0 Å². The molecule has 0 amide bonds. The lowest BCUT2D eigenvalue weighted by Gasteiger charge is -2.00. The fourth-order valence-corrected chi connectivity index (χ4v) is 3.19. The van der Waals surface area contributed by atoms with E-state index in [2.05, 4.69) is 32.2 Å². The molecule has 3 N–H and O–H groups in total. The maximum atomic E-state index is 9.16. The van der Waals surface area contributed by atoms with Crippen molar-refractivity contribution in [2.75, 3.05) is 6.54 Å². The average Bonchev–Trinajstić information content (AvgIpc) is 2.87. The molecule has 0 radical (unpaired) electrons. The van der Waals surface area contributed by atoms with Gasteiger partial charge in [-0.05, 0) is 42.8 Å². The summed E-state index contributed by atoms with van der Waals surface area (Å²) < 4.78 is 0. The first-order chi connectivity index (χ1) is 10.0. The van der Waals surface area contributed by atoms with Gasteiger partial charge in [0.25, 0.3) is 0 Å². The molecule has 0 aliphatic heterocycles. The number of unbranched alkanes of at least 4 members (excludes halogenated alkanes) is 5. The van der Waals surface area contributed by atoms with Crippen molar-refractivity contribution in [3.63, 3.8) is 0 Å². The summed E-state index contributed by atoms with van der Waals surface area (Å²) in [5.41, 5.74) is 6.73. The van der Waals surface area contributed by atoms with Crippen molar-refractivity contribution in [1.82, 2.24) is 0 Å². The van der Waals surface area contributed by atoms with Crippen LogP contribution in [0.3, 0.4) is 0 Å². The Balaban J connectivity index is 0.000000400. The second-order valence-electron chi connectivity index (χ2n) is 6.11. The highest BCUT2D eigenvalue weighted by Crippen LogP contribution is 2.22. The Morgan fingerprint density at radius 2 is 1.71 bits per heavy atom. The highest BCUT2D eigenvalue weighted by Gasteiger charge is 2.05. The Morgan fingerprint density at radius 1 is 1.10 bits per heavy atom. The molecule has 0 bridgehead atoms. The number of aliphatic hydroxyl groups is 1. The average molecular weight is 314 g/mol. The van der Waals surface area contributed by atoms with E-state index < -0.39 is 0 Å². The summed E-state index contributed by atoms with van der Waals surface area (Å²) >= 11 is 1.75. The lowest BCUT2D eigenvalue weighted by molar-refractivity contribution is 0.196. The highest BCUT2D eigenvalue weighted by molar-refractivity contribution is 7.10. The topological polar surface area (TPSA) is 46.2 Å². The standard InChI is InChI=1S/C10H16OS.C8H19N/c1-7(2)9-5-10(12-6-9)4-8(3)11;1-2-3-4-5-6-7-8-9/h5-8,11H,4H2,1-3H3;2-9H2,1H3. The molecule has 1 atom stereocenters. The molecule has 1 heterocycles. The molecule has 0 fully saturated rings. The van der Waals surface area contributed by atoms with Crippen molar-refractivity contribution in [3.8, 4) is 0 Å². The van der Waals surface area contributed by atoms with E-state index >= 15 is 0 Å². The van der Waals surface area contributed by atoms with Crippen molar-refractivity contribution >= 4 is 11.3 Å². The van der Waals surface area contributed by atoms with Crippen LogP contribution in [-0.4, -0.2) is 17.8 Å². The minimum Gasteiger partial charge on any atom is -0.393 e. The first kappa shape index (κ1) is 20.6. The Hall–Kier alpha value is -0.380. The first-order valence-electron chi connectivity index (χ1n) is 8.46. The molecule has 21 heavy (non-hydrogen) atoms. The zero-order chi connectivity index (χ0) is 16.1. The fraction of sp³-hybridized carbons (Fsp3) is 0.778. The molecular weight excluding hydrogens is 278 g/mol. The van der Waals surface area contributed by atoms with E-state index in [4.69, 9.17) is 10.8 Å². The summed E-state index contributed by atoms with van der Waals surface area (Å²) in [6.45, 7) is 9.31. The van der Waals surface area contributed by atoms with Crippen molar-refractivity contribution in [2.24, 2.45) is 5.73 Å². The van der Waals surface area contributed by atoms with Crippen LogP contribution in [-0.2, 0) is 6.42 Å². The van der Waals surface area contributed by atoms with Crippen molar-refractivity contribution in [3.05, 3.63) is 21.9 Å². The van der Waals surface area contributed by atoms with E-state index in [1.54, 1.807) is 11.3 Å². The molecule has 3 heteroatoms. The third-order valence-electron chi connectivity index (χ3n) is 3.39. The van der Waals surface area contributed by atoms with Gasteiger partial charge in [-0.3, -0.25) is 0 Å². The van der Waals surface area contributed by atoms with E-state index in [1.165, 1.54) is 49.0 Å². The normalized spacial score (nSPS) is 12.1. The summed E-state index contributed by atoms with van der Waals surface area (Å²) in [5.74, 6) is 0.601. The molecule has 1 unspecified atom stereocenters. The van der Waals surface area contributed by atoms with Gasteiger partial charge in [0.05, 0.1) is 6.10 Å². The predicted octanol–water partition coefficient (Wildman–Crippen LogP) is 5.10. The number of aliphatic hydroxyl groups excluding tert-OH is 1. The van der Waals surface area contributed by atoms with Crippen LogP contribution in [0.1, 0.15) is 82.6 Å². The van der Waals surface area contributed by atoms with Crippen LogP contribution in [0.25, 0.3) is 0 Å². The largest absolute Gasteiger partial charge is 0.393 e. The van der Waals surface area contributed by atoms with Gasteiger partial charge in [0.1, 0.15) is 0 Å². The smallest absolute Gasteiger partial charge is 0.0560 e. The molecule has 1 aromatic rings. The fourth-order valence-electron chi connectivity index (χ4n) is 2.02. The van der Waals surface area contributed by atoms with Crippen molar-refractivity contribution in [1.29, 1.82) is 0 Å². The number of hydrogen-bond acceptors (Lipinski definition) is 3. The third-order valence-corrected chi connectivity index (χ3v) is 4.37. The van der Waals surface area contributed by atoms with Crippen LogP contribution in [0.15, 0.2) is 11.4 Å². The van der Waals surface area contributed by atoms with Gasteiger partial charge in [0.15, 0.2) is 0 Å². The minimum absolute atomic E-state index is 0.219. The molecule has 0 saturated carbocycles. The molecule has 0 spiro atoms. The third kappa shape index (κ3) is 11.9. The monoisotopic (exact) mass is 313 g/mol.